The highest BCUT2D eigenvalue weighted by molar-refractivity contribution is 6.30. The Labute approximate surface area is 111 Å². The SMILES string of the molecule is CCOC(=O)CCN(C)Cc1cccc(Cl)c1F. The van der Waals surface area contributed by atoms with Crippen LogP contribution in [0.1, 0.15) is 18.9 Å². The number of carbonyl (C=O) groups excluding carboxylic acids is 1. The molecular weight excluding hydrogens is 257 g/mol. The number of hydrogen-bond acceptors (Lipinski definition) is 3. The van der Waals surface area contributed by atoms with Crippen molar-refractivity contribution in [3.8, 4) is 0 Å². The summed E-state index contributed by atoms with van der Waals surface area (Å²) in [6, 6.07) is 4.90. The third kappa shape index (κ3) is 4.63. The van der Waals surface area contributed by atoms with Crippen molar-refractivity contribution in [2.75, 3.05) is 20.2 Å². The zero-order chi connectivity index (χ0) is 13.5. The lowest BCUT2D eigenvalue weighted by Crippen LogP contribution is -2.22. The molecule has 1 aromatic carbocycles. The summed E-state index contributed by atoms with van der Waals surface area (Å²) in [4.78, 5) is 13.0. The molecule has 0 heterocycles. The van der Waals surface area contributed by atoms with Crippen LogP contribution in [0.5, 0.6) is 0 Å². The molecule has 18 heavy (non-hydrogen) atoms. The molecule has 0 aliphatic heterocycles. The van der Waals surface area contributed by atoms with Gasteiger partial charge in [-0.05, 0) is 20.0 Å². The van der Waals surface area contributed by atoms with Gasteiger partial charge < -0.3 is 9.64 Å². The number of nitrogens with zero attached hydrogens (tertiary/aromatic N) is 1. The Kier molecular flexibility index (Phi) is 6.09. The highest BCUT2D eigenvalue weighted by Gasteiger charge is 2.10. The molecule has 0 spiro atoms. The number of benzene rings is 1. The Bertz CT molecular complexity index is 412. The fourth-order valence-electron chi connectivity index (χ4n) is 1.56. The molecule has 0 aromatic heterocycles. The average molecular weight is 274 g/mol. The molecule has 1 rings (SSSR count). The summed E-state index contributed by atoms with van der Waals surface area (Å²) in [5, 5.41) is 0.117. The predicted octanol–water partition coefficient (Wildman–Crippen LogP) is 2.86. The highest BCUT2D eigenvalue weighted by atomic mass is 35.5. The number of esters is 1. The quantitative estimate of drug-likeness (QED) is 0.747. The van der Waals surface area contributed by atoms with Crippen LogP contribution in [0.3, 0.4) is 0 Å². The van der Waals surface area contributed by atoms with Gasteiger partial charge in [0.1, 0.15) is 5.82 Å². The van der Waals surface area contributed by atoms with Crippen LogP contribution in [0.25, 0.3) is 0 Å². The van der Waals surface area contributed by atoms with Gasteiger partial charge in [-0.25, -0.2) is 4.39 Å². The molecule has 0 saturated heterocycles. The van der Waals surface area contributed by atoms with Crippen molar-refractivity contribution in [1.82, 2.24) is 4.90 Å². The van der Waals surface area contributed by atoms with Crippen molar-refractivity contribution >= 4 is 17.6 Å². The molecule has 0 radical (unpaired) electrons. The summed E-state index contributed by atoms with van der Waals surface area (Å²) in [5.74, 6) is -0.641. The summed E-state index contributed by atoms with van der Waals surface area (Å²) < 4.78 is 18.5. The van der Waals surface area contributed by atoms with Crippen molar-refractivity contribution in [2.45, 2.75) is 19.9 Å². The Hall–Kier alpha value is -1.13. The fraction of sp³-hybridized carbons (Fsp3) is 0.462. The van der Waals surface area contributed by atoms with E-state index in [-0.39, 0.29) is 11.0 Å². The third-order valence-electron chi connectivity index (χ3n) is 2.47. The maximum atomic E-state index is 13.6. The molecule has 0 aliphatic rings. The van der Waals surface area contributed by atoms with Crippen LogP contribution in [-0.4, -0.2) is 31.1 Å². The van der Waals surface area contributed by atoms with Crippen molar-refractivity contribution in [3.63, 3.8) is 0 Å². The summed E-state index contributed by atoms with van der Waals surface area (Å²) >= 11 is 5.70. The Morgan fingerprint density at radius 1 is 1.50 bits per heavy atom. The van der Waals surface area contributed by atoms with Crippen LogP contribution >= 0.6 is 11.6 Å². The largest absolute Gasteiger partial charge is 0.466 e. The first kappa shape index (κ1) is 14.9. The van der Waals surface area contributed by atoms with E-state index in [2.05, 4.69) is 0 Å². The predicted molar refractivity (Wildman–Crippen MR) is 69.0 cm³/mol. The van der Waals surface area contributed by atoms with Gasteiger partial charge in [0.2, 0.25) is 0 Å². The zero-order valence-corrected chi connectivity index (χ0v) is 11.3. The second-order valence-electron chi connectivity index (χ2n) is 4.01. The Morgan fingerprint density at radius 2 is 2.22 bits per heavy atom. The first-order valence-electron chi connectivity index (χ1n) is 5.81. The first-order chi connectivity index (χ1) is 8.54. The molecule has 0 saturated carbocycles. The van der Waals surface area contributed by atoms with E-state index >= 15 is 0 Å². The van der Waals surface area contributed by atoms with Gasteiger partial charge in [0.15, 0.2) is 0 Å². The molecule has 0 atom stereocenters. The second kappa shape index (κ2) is 7.34. The second-order valence-corrected chi connectivity index (χ2v) is 4.41. The van der Waals surface area contributed by atoms with E-state index in [1.54, 1.807) is 19.1 Å². The first-order valence-corrected chi connectivity index (χ1v) is 6.19. The molecular formula is C13H17ClFNO2. The van der Waals surface area contributed by atoms with Crippen LogP contribution in [0.4, 0.5) is 4.39 Å². The van der Waals surface area contributed by atoms with E-state index in [9.17, 15) is 9.18 Å². The smallest absolute Gasteiger partial charge is 0.307 e. The monoisotopic (exact) mass is 273 g/mol. The zero-order valence-electron chi connectivity index (χ0n) is 10.6. The van der Waals surface area contributed by atoms with Crippen molar-refractivity contribution < 1.29 is 13.9 Å². The van der Waals surface area contributed by atoms with E-state index in [1.165, 1.54) is 6.07 Å². The van der Waals surface area contributed by atoms with Gasteiger partial charge in [0.25, 0.3) is 0 Å². The normalized spacial score (nSPS) is 10.7. The standard InChI is InChI=1S/C13H17ClFNO2/c1-3-18-12(17)7-8-16(2)9-10-5-4-6-11(14)13(10)15/h4-6H,3,7-9H2,1-2H3. The van der Waals surface area contributed by atoms with Crippen molar-refractivity contribution in [3.05, 3.63) is 34.6 Å². The van der Waals surface area contributed by atoms with Gasteiger partial charge in [-0.15, -0.1) is 0 Å². The van der Waals surface area contributed by atoms with Crippen LogP contribution in [0.15, 0.2) is 18.2 Å². The Balaban J connectivity index is 2.47. The number of carbonyl (C=O) groups is 1. The summed E-state index contributed by atoms with van der Waals surface area (Å²) in [7, 11) is 1.82. The Morgan fingerprint density at radius 3 is 2.89 bits per heavy atom. The summed E-state index contributed by atoms with van der Waals surface area (Å²) in [5.41, 5.74) is 0.522. The average Bonchev–Trinajstić information content (AvgIpc) is 2.33. The van der Waals surface area contributed by atoms with E-state index < -0.39 is 5.82 Å². The van der Waals surface area contributed by atoms with E-state index in [4.69, 9.17) is 16.3 Å². The van der Waals surface area contributed by atoms with Gasteiger partial charge in [-0.3, -0.25) is 4.79 Å². The number of ether oxygens (including phenoxy) is 1. The molecule has 100 valence electrons. The molecule has 3 nitrogen and oxygen atoms in total. The molecule has 0 aliphatic carbocycles. The molecule has 0 fully saturated rings. The van der Waals surface area contributed by atoms with Crippen LogP contribution < -0.4 is 0 Å². The third-order valence-corrected chi connectivity index (χ3v) is 2.77. The minimum absolute atomic E-state index is 0.117. The number of rotatable bonds is 6. The lowest BCUT2D eigenvalue weighted by atomic mass is 10.2. The fourth-order valence-corrected chi connectivity index (χ4v) is 1.75. The van der Waals surface area contributed by atoms with E-state index in [0.29, 0.717) is 31.7 Å². The minimum atomic E-state index is -0.401. The molecule has 1 aromatic rings. The van der Waals surface area contributed by atoms with Crippen LogP contribution in [0, 0.1) is 5.82 Å². The van der Waals surface area contributed by atoms with Crippen LogP contribution in [-0.2, 0) is 16.1 Å². The van der Waals surface area contributed by atoms with Gasteiger partial charge in [-0.2, -0.15) is 0 Å². The number of halogens is 2. The van der Waals surface area contributed by atoms with E-state index in [0.717, 1.165) is 0 Å². The number of hydrogen-bond donors (Lipinski definition) is 0. The topological polar surface area (TPSA) is 29.5 Å². The molecule has 0 amide bonds. The van der Waals surface area contributed by atoms with Crippen LogP contribution in [0.2, 0.25) is 5.02 Å². The van der Waals surface area contributed by atoms with Crippen molar-refractivity contribution in [1.29, 1.82) is 0 Å². The minimum Gasteiger partial charge on any atom is -0.466 e. The lowest BCUT2D eigenvalue weighted by molar-refractivity contribution is -0.143. The van der Waals surface area contributed by atoms with Gasteiger partial charge in [0.05, 0.1) is 18.1 Å². The molecule has 0 unspecified atom stereocenters. The highest BCUT2D eigenvalue weighted by Crippen LogP contribution is 2.18. The maximum Gasteiger partial charge on any atom is 0.307 e. The van der Waals surface area contributed by atoms with Gasteiger partial charge >= 0.3 is 5.97 Å². The molecule has 5 heteroatoms. The summed E-state index contributed by atoms with van der Waals surface area (Å²) in [6.07, 6.45) is 0.298. The molecule has 0 bridgehead atoms. The van der Waals surface area contributed by atoms with Gasteiger partial charge in [-0.1, -0.05) is 23.7 Å². The van der Waals surface area contributed by atoms with Crippen molar-refractivity contribution in [2.24, 2.45) is 0 Å². The van der Waals surface area contributed by atoms with E-state index in [1.807, 2.05) is 11.9 Å². The van der Waals surface area contributed by atoms with Gasteiger partial charge in [0, 0.05) is 18.7 Å². The molecule has 0 N–H and O–H groups in total. The lowest BCUT2D eigenvalue weighted by Gasteiger charge is -2.16. The maximum absolute atomic E-state index is 13.6. The summed E-state index contributed by atoms with van der Waals surface area (Å²) in [6.45, 7) is 3.07.